The molecular weight excluding hydrogens is 351 g/mol. The molecule has 0 saturated carbocycles. The first-order chi connectivity index (χ1) is 10.5. The van der Waals surface area contributed by atoms with E-state index >= 15 is 0 Å². The molecule has 0 aliphatic carbocycles. The molecule has 0 bridgehead atoms. The van der Waals surface area contributed by atoms with Gasteiger partial charge in [-0.2, -0.15) is 0 Å². The molecule has 1 heterocycles. The second-order valence-corrected chi connectivity index (χ2v) is 5.36. The topological polar surface area (TPSA) is 68.3 Å². The third kappa shape index (κ3) is 4.59. The second-order valence-electron chi connectivity index (χ2n) is 4.12. The highest BCUT2D eigenvalue weighted by Crippen LogP contribution is 2.22. The molecular formula is C14H9Cl3N2O3. The van der Waals surface area contributed by atoms with E-state index in [0.717, 1.165) is 0 Å². The van der Waals surface area contributed by atoms with E-state index in [9.17, 15) is 9.59 Å². The Hall–Kier alpha value is -1.82. The Morgan fingerprint density at radius 3 is 2.45 bits per heavy atom. The number of carbonyl (C=O) groups is 2. The van der Waals surface area contributed by atoms with Crippen molar-refractivity contribution in [3.63, 3.8) is 0 Å². The summed E-state index contributed by atoms with van der Waals surface area (Å²) in [6.07, 6.45) is 1.44. The largest absolute Gasteiger partial charge is 0.452 e. The number of benzene rings is 1. The van der Waals surface area contributed by atoms with Crippen LogP contribution in [0.3, 0.4) is 0 Å². The first kappa shape index (κ1) is 16.5. The zero-order chi connectivity index (χ0) is 16.1. The summed E-state index contributed by atoms with van der Waals surface area (Å²) in [5, 5.41) is 3.27. The van der Waals surface area contributed by atoms with Crippen molar-refractivity contribution in [2.75, 3.05) is 11.9 Å². The molecule has 8 heteroatoms. The third-order valence-electron chi connectivity index (χ3n) is 2.46. The highest BCUT2D eigenvalue weighted by Gasteiger charge is 2.14. The van der Waals surface area contributed by atoms with Gasteiger partial charge in [0.15, 0.2) is 6.61 Å². The molecule has 0 radical (unpaired) electrons. The normalized spacial score (nSPS) is 10.1. The van der Waals surface area contributed by atoms with E-state index in [0.29, 0.717) is 15.7 Å². The summed E-state index contributed by atoms with van der Waals surface area (Å²) in [4.78, 5) is 27.2. The molecule has 0 saturated heterocycles. The number of hydrogen-bond acceptors (Lipinski definition) is 4. The van der Waals surface area contributed by atoms with Gasteiger partial charge in [-0.15, -0.1) is 0 Å². The molecule has 114 valence electrons. The quantitative estimate of drug-likeness (QED) is 0.665. The summed E-state index contributed by atoms with van der Waals surface area (Å²) in [5.74, 6) is -1.27. The lowest BCUT2D eigenvalue weighted by molar-refractivity contribution is -0.119. The number of hydrogen-bond donors (Lipinski definition) is 1. The fourth-order valence-corrected chi connectivity index (χ4v) is 2.29. The second kappa shape index (κ2) is 7.45. The summed E-state index contributed by atoms with van der Waals surface area (Å²) in [6, 6.07) is 7.56. The summed E-state index contributed by atoms with van der Waals surface area (Å²) in [6.45, 7) is -0.478. The van der Waals surface area contributed by atoms with Crippen molar-refractivity contribution in [3.05, 3.63) is 57.3 Å². The van der Waals surface area contributed by atoms with E-state index in [-0.39, 0.29) is 10.7 Å². The lowest BCUT2D eigenvalue weighted by Gasteiger charge is -2.08. The predicted molar refractivity (Wildman–Crippen MR) is 84.6 cm³/mol. The van der Waals surface area contributed by atoms with Crippen LogP contribution in [0.15, 0.2) is 36.5 Å². The maximum absolute atomic E-state index is 11.8. The van der Waals surface area contributed by atoms with Crippen molar-refractivity contribution in [2.45, 2.75) is 0 Å². The molecule has 0 aliphatic rings. The number of nitrogens with zero attached hydrogens (tertiary/aromatic N) is 1. The Morgan fingerprint density at radius 2 is 1.82 bits per heavy atom. The van der Waals surface area contributed by atoms with Crippen molar-refractivity contribution < 1.29 is 14.3 Å². The number of amides is 1. The molecule has 5 nitrogen and oxygen atoms in total. The number of halogens is 3. The van der Waals surface area contributed by atoms with Gasteiger partial charge in [0.05, 0.1) is 5.56 Å². The Bertz CT molecular complexity index is 702. The average Bonchev–Trinajstić information content (AvgIpc) is 2.44. The minimum absolute atomic E-state index is 0.00883. The van der Waals surface area contributed by atoms with Gasteiger partial charge in [0.25, 0.3) is 5.91 Å². The van der Waals surface area contributed by atoms with Crippen LogP contribution in [-0.2, 0) is 9.53 Å². The van der Waals surface area contributed by atoms with Gasteiger partial charge in [0.2, 0.25) is 0 Å². The molecule has 2 rings (SSSR count). The summed E-state index contributed by atoms with van der Waals surface area (Å²) < 4.78 is 4.86. The molecule has 0 spiro atoms. The zero-order valence-electron chi connectivity index (χ0n) is 11.0. The number of rotatable bonds is 4. The first-order valence-electron chi connectivity index (χ1n) is 5.99. The van der Waals surface area contributed by atoms with Crippen LogP contribution in [-0.4, -0.2) is 23.5 Å². The van der Waals surface area contributed by atoms with Gasteiger partial charge >= 0.3 is 5.97 Å². The van der Waals surface area contributed by atoms with E-state index in [2.05, 4.69) is 10.3 Å². The van der Waals surface area contributed by atoms with E-state index in [4.69, 9.17) is 39.5 Å². The van der Waals surface area contributed by atoms with E-state index in [1.807, 2.05) is 0 Å². The van der Waals surface area contributed by atoms with Crippen LogP contribution in [0, 0.1) is 0 Å². The smallest absolute Gasteiger partial charge is 0.341 e. The Balaban J connectivity index is 1.93. The minimum atomic E-state index is -0.739. The third-order valence-corrected chi connectivity index (χ3v) is 3.20. The first-order valence-corrected chi connectivity index (χ1v) is 7.12. The number of ether oxygens (including phenoxy) is 1. The Morgan fingerprint density at radius 1 is 1.14 bits per heavy atom. The van der Waals surface area contributed by atoms with Crippen LogP contribution in [0.1, 0.15) is 10.4 Å². The molecule has 1 amide bonds. The molecule has 1 aromatic carbocycles. The maximum Gasteiger partial charge on any atom is 0.341 e. The zero-order valence-corrected chi connectivity index (χ0v) is 13.2. The molecule has 1 N–H and O–H groups in total. The Kier molecular flexibility index (Phi) is 5.60. The minimum Gasteiger partial charge on any atom is -0.452 e. The van der Waals surface area contributed by atoms with Crippen molar-refractivity contribution in [2.24, 2.45) is 0 Å². The van der Waals surface area contributed by atoms with Crippen LogP contribution in [0.25, 0.3) is 0 Å². The van der Waals surface area contributed by atoms with E-state index in [1.165, 1.54) is 36.5 Å². The van der Waals surface area contributed by atoms with Crippen LogP contribution in [0.5, 0.6) is 0 Å². The molecule has 22 heavy (non-hydrogen) atoms. The molecule has 0 aliphatic heterocycles. The fraction of sp³-hybridized carbons (Fsp3) is 0.0714. The molecule has 0 unspecified atom stereocenters. The van der Waals surface area contributed by atoms with Crippen LogP contribution in [0.4, 0.5) is 5.69 Å². The van der Waals surface area contributed by atoms with Gasteiger partial charge in [-0.1, -0.05) is 34.8 Å². The monoisotopic (exact) mass is 358 g/mol. The number of esters is 1. The maximum atomic E-state index is 11.8. The number of pyridine rings is 1. The van der Waals surface area contributed by atoms with Gasteiger partial charge in [-0.3, -0.25) is 4.79 Å². The number of carbonyl (C=O) groups excluding carboxylic acids is 2. The number of nitrogens with one attached hydrogen (secondary N) is 1. The molecule has 2 aromatic rings. The van der Waals surface area contributed by atoms with Gasteiger partial charge < -0.3 is 10.1 Å². The lowest BCUT2D eigenvalue weighted by Crippen LogP contribution is -2.21. The number of anilines is 1. The van der Waals surface area contributed by atoms with Crippen LogP contribution >= 0.6 is 34.8 Å². The van der Waals surface area contributed by atoms with Crippen LogP contribution in [0.2, 0.25) is 15.2 Å². The Labute approximate surface area is 141 Å². The summed E-state index contributed by atoms with van der Waals surface area (Å²) in [7, 11) is 0. The highest BCUT2D eigenvalue weighted by atomic mass is 35.5. The van der Waals surface area contributed by atoms with Gasteiger partial charge in [0.1, 0.15) is 5.15 Å². The SMILES string of the molecule is O=C(COC(=O)c1cccnc1Cl)Nc1cc(Cl)cc(Cl)c1. The fourth-order valence-electron chi connectivity index (χ4n) is 1.57. The van der Waals surface area contributed by atoms with E-state index < -0.39 is 18.5 Å². The number of aromatic nitrogens is 1. The molecule has 0 atom stereocenters. The van der Waals surface area contributed by atoms with Gasteiger partial charge in [-0.05, 0) is 30.3 Å². The van der Waals surface area contributed by atoms with E-state index in [1.54, 1.807) is 0 Å². The van der Waals surface area contributed by atoms with Gasteiger partial charge in [0, 0.05) is 21.9 Å². The van der Waals surface area contributed by atoms with Crippen molar-refractivity contribution in [1.29, 1.82) is 0 Å². The lowest BCUT2D eigenvalue weighted by atomic mass is 10.3. The van der Waals surface area contributed by atoms with Gasteiger partial charge in [-0.25, -0.2) is 9.78 Å². The molecule has 1 aromatic heterocycles. The van der Waals surface area contributed by atoms with Crippen molar-refractivity contribution >= 4 is 52.4 Å². The average molecular weight is 360 g/mol. The highest BCUT2D eigenvalue weighted by molar-refractivity contribution is 6.35. The standard InChI is InChI=1S/C14H9Cl3N2O3/c15-8-4-9(16)6-10(5-8)19-12(20)7-22-14(21)11-2-1-3-18-13(11)17/h1-6H,7H2,(H,19,20). The van der Waals surface area contributed by atoms with Crippen molar-refractivity contribution in [1.82, 2.24) is 4.98 Å². The summed E-state index contributed by atoms with van der Waals surface area (Å²) >= 11 is 17.4. The predicted octanol–water partition coefficient (Wildman–Crippen LogP) is 3.84. The van der Waals surface area contributed by atoms with Crippen molar-refractivity contribution in [3.8, 4) is 0 Å². The van der Waals surface area contributed by atoms with Crippen LogP contribution < -0.4 is 5.32 Å². The summed E-state index contributed by atoms with van der Waals surface area (Å²) in [5.41, 5.74) is 0.487. The molecule has 0 fully saturated rings.